The van der Waals surface area contributed by atoms with Crippen LogP contribution in [0, 0.1) is 11.3 Å². The van der Waals surface area contributed by atoms with Gasteiger partial charge in [0.05, 0.1) is 31.7 Å². The van der Waals surface area contributed by atoms with Gasteiger partial charge < -0.3 is 25.1 Å². The van der Waals surface area contributed by atoms with Crippen LogP contribution < -0.4 is 11.1 Å². The van der Waals surface area contributed by atoms with E-state index in [-0.39, 0.29) is 30.4 Å². The van der Waals surface area contributed by atoms with E-state index in [4.69, 9.17) is 20.3 Å². The smallest absolute Gasteiger partial charge is 0.305 e. The Morgan fingerprint density at radius 3 is 2.57 bits per heavy atom. The molecule has 4 atom stereocenters. The number of aldehydes is 1. The third-order valence-corrected chi connectivity index (χ3v) is 4.77. The Bertz CT molecular complexity index is 415. The van der Waals surface area contributed by atoms with Gasteiger partial charge in [-0.05, 0) is 18.8 Å². The fourth-order valence-corrected chi connectivity index (χ4v) is 3.45. The van der Waals surface area contributed by atoms with Crippen LogP contribution in [0.1, 0.15) is 40.0 Å². The van der Waals surface area contributed by atoms with Crippen LogP contribution in [0.15, 0.2) is 0 Å². The molecule has 23 heavy (non-hydrogen) atoms. The molecule has 0 radical (unpaired) electrons. The number of aliphatic carboxylic acids is 1. The number of methoxy groups -OCH3 is 1. The van der Waals surface area contributed by atoms with Crippen molar-refractivity contribution < 1.29 is 24.2 Å². The Balaban J connectivity index is 2.96. The van der Waals surface area contributed by atoms with E-state index < -0.39 is 17.7 Å². The summed E-state index contributed by atoms with van der Waals surface area (Å²) in [6, 6.07) is -1.08. The minimum absolute atomic E-state index is 0.128. The molecule has 0 bridgehead atoms. The highest BCUT2D eigenvalue weighted by atomic mass is 16.5. The van der Waals surface area contributed by atoms with Gasteiger partial charge in [-0.25, -0.2) is 0 Å². The van der Waals surface area contributed by atoms with E-state index in [0.717, 1.165) is 12.8 Å². The van der Waals surface area contributed by atoms with Gasteiger partial charge in [0, 0.05) is 12.5 Å². The van der Waals surface area contributed by atoms with Gasteiger partial charge in [-0.1, -0.05) is 20.8 Å². The first-order chi connectivity index (χ1) is 10.7. The number of ether oxygens (including phenoxy) is 2. The van der Waals surface area contributed by atoms with Crippen LogP contribution in [0.4, 0.5) is 0 Å². The first kappa shape index (κ1) is 20.0. The molecule has 1 rings (SSSR count). The van der Waals surface area contributed by atoms with E-state index in [9.17, 15) is 9.59 Å². The number of nitrogens with one attached hydrogen (secondary N) is 1. The third kappa shape index (κ3) is 4.73. The van der Waals surface area contributed by atoms with E-state index in [1.807, 2.05) is 6.92 Å². The van der Waals surface area contributed by atoms with E-state index in [2.05, 4.69) is 19.2 Å². The van der Waals surface area contributed by atoms with Crippen LogP contribution in [0.5, 0.6) is 0 Å². The molecule has 0 saturated heterocycles. The molecule has 0 aromatic carbocycles. The Morgan fingerprint density at radius 1 is 1.48 bits per heavy atom. The summed E-state index contributed by atoms with van der Waals surface area (Å²) in [6.45, 7) is 6.82. The molecule has 134 valence electrons. The average molecular weight is 330 g/mol. The van der Waals surface area contributed by atoms with E-state index >= 15 is 0 Å². The molecule has 1 aliphatic rings. The van der Waals surface area contributed by atoms with Gasteiger partial charge >= 0.3 is 5.97 Å². The summed E-state index contributed by atoms with van der Waals surface area (Å²) in [4.78, 5) is 22.3. The largest absolute Gasteiger partial charge is 0.481 e. The summed E-state index contributed by atoms with van der Waals surface area (Å²) in [7, 11) is 1.57. The fourth-order valence-electron chi connectivity index (χ4n) is 3.45. The molecule has 1 saturated carbocycles. The maximum absolute atomic E-state index is 11.3. The molecular formula is C16H30N2O5. The van der Waals surface area contributed by atoms with Gasteiger partial charge in [0.1, 0.15) is 12.0 Å². The van der Waals surface area contributed by atoms with Crippen LogP contribution in [-0.4, -0.2) is 55.5 Å². The van der Waals surface area contributed by atoms with Crippen LogP contribution in [-0.2, 0) is 19.1 Å². The highest BCUT2D eigenvalue weighted by Crippen LogP contribution is 2.50. The number of rotatable bonds is 10. The number of carbonyl (C=O) groups excluding carboxylic acids is 1. The van der Waals surface area contributed by atoms with Crippen molar-refractivity contribution in [3.8, 4) is 0 Å². The third-order valence-electron chi connectivity index (χ3n) is 4.77. The number of carbonyl (C=O) groups is 2. The van der Waals surface area contributed by atoms with E-state index in [1.165, 1.54) is 0 Å². The zero-order valence-corrected chi connectivity index (χ0v) is 14.5. The van der Waals surface area contributed by atoms with Crippen molar-refractivity contribution in [3.63, 3.8) is 0 Å². The summed E-state index contributed by atoms with van der Waals surface area (Å²) >= 11 is 0. The van der Waals surface area contributed by atoms with E-state index in [0.29, 0.717) is 12.9 Å². The second-order valence-corrected chi connectivity index (χ2v) is 7.07. The van der Waals surface area contributed by atoms with Crippen molar-refractivity contribution in [1.82, 2.24) is 5.32 Å². The summed E-state index contributed by atoms with van der Waals surface area (Å²) < 4.78 is 11.2. The van der Waals surface area contributed by atoms with Crippen molar-refractivity contribution >= 4 is 12.3 Å². The maximum Gasteiger partial charge on any atom is 0.305 e. The normalized spacial score (nSPS) is 29.2. The second kappa shape index (κ2) is 8.19. The first-order valence-corrected chi connectivity index (χ1v) is 8.01. The monoisotopic (exact) mass is 330 g/mol. The predicted molar refractivity (Wildman–Crippen MR) is 86.0 cm³/mol. The van der Waals surface area contributed by atoms with Crippen molar-refractivity contribution in [1.29, 1.82) is 0 Å². The molecule has 0 heterocycles. The highest BCUT2D eigenvalue weighted by Gasteiger charge is 2.55. The highest BCUT2D eigenvalue weighted by molar-refractivity contribution is 5.73. The summed E-state index contributed by atoms with van der Waals surface area (Å²) in [5.74, 6) is -0.896. The van der Waals surface area contributed by atoms with Gasteiger partial charge in [-0.3, -0.25) is 10.1 Å². The minimum atomic E-state index is -1.02. The summed E-state index contributed by atoms with van der Waals surface area (Å²) in [6.07, 6.45) is 2.20. The topological polar surface area (TPSA) is 111 Å². The Kier molecular flexibility index (Phi) is 7.13. The summed E-state index contributed by atoms with van der Waals surface area (Å²) in [5, 5.41) is 12.2. The van der Waals surface area contributed by atoms with Gasteiger partial charge in [0.2, 0.25) is 0 Å². The standard InChI is InChI=1S/C16H30N2O5/c1-11-5-6-15(2,3)16(11,23-10-12(17)9-22-4)18-13(8-19)7-14(20)21/h8,11-13,18H,5-7,9-10,17H2,1-4H3,(H,20,21)/t11?,12?,13-,16?/m0/s1. The lowest BCUT2D eigenvalue weighted by Gasteiger charge is -2.46. The fraction of sp³-hybridized carbons (Fsp3) is 0.875. The minimum Gasteiger partial charge on any atom is -0.481 e. The molecule has 0 spiro atoms. The lowest BCUT2D eigenvalue weighted by Crippen LogP contribution is -2.63. The number of carboxylic acid groups (broad SMARTS) is 1. The number of nitrogens with two attached hydrogens (primary N) is 1. The Morgan fingerprint density at radius 2 is 2.13 bits per heavy atom. The summed E-state index contributed by atoms with van der Waals surface area (Å²) in [5.41, 5.74) is 4.91. The second-order valence-electron chi connectivity index (χ2n) is 7.07. The number of hydrogen-bond acceptors (Lipinski definition) is 6. The van der Waals surface area contributed by atoms with Crippen LogP contribution in [0.3, 0.4) is 0 Å². The van der Waals surface area contributed by atoms with Crippen molar-refractivity contribution in [2.75, 3.05) is 20.3 Å². The molecule has 7 heteroatoms. The van der Waals surface area contributed by atoms with Crippen LogP contribution >= 0.6 is 0 Å². The molecule has 0 amide bonds. The number of hydrogen-bond donors (Lipinski definition) is 3. The van der Waals surface area contributed by atoms with Crippen LogP contribution in [0.2, 0.25) is 0 Å². The SMILES string of the molecule is COCC(N)COC1(N[C@H](C=O)CC(=O)O)C(C)CCC1(C)C. The first-order valence-electron chi connectivity index (χ1n) is 8.01. The molecule has 1 fully saturated rings. The van der Waals surface area contributed by atoms with Gasteiger partial charge in [-0.2, -0.15) is 0 Å². The number of carboxylic acids is 1. The lowest BCUT2D eigenvalue weighted by molar-refractivity contribution is -0.166. The zero-order chi connectivity index (χ0) is 17.7. The average Bonchev–Trinajstić information content (AvgIpc) is 2.68. The maximum atomic E-state index is 11.3. The van der Waals surface area contributed by atoms with Gasteiger partial charge in [0.15, 0.2) is 0 Å². The molecule has 0 aliphatic heterocycles. The van der Waals surface area contributed by atoms with Crippen molar-refractivity contribution in [3.05, 3.63) is 0 Å². The van der Waals surface area contributed by atoms with Crippen molar-refractivity contribution in [2.24, 2.45) is 17.1 Å². The quantitative estimate of drug-likeness (QED) is 0.400. The van der Waals surface area contributed by atoms with Crippen LogP contribution in [0.25, 0.3) is 0 Å². The molecular weight excluding hydrogens is 300 g/mol. The molecule has 0 aromatic rings. The lowest BCUT2D eigenvalue weighted by atomic mass is 9.80. The predicted octanol–water partition coefficient (Wildman–Crippen LogP) is 0.761. The molecule has 1 aliphatic carbocycles. The Labute approximate surface area is 137 Å². The Hall–Kier alpha value is -1.02. The van der Waals surface area contributed by atoms with E-state index in [1.54, 1.807) is 7.11 Å². The molecule has 3 unspecified atom stereocenters. The molecule has 0 aromatic heterocycles. The molecule has 4 N–H and O–H groups in total. The van der Waals surface area contributed by atoms with Gasteiger partial charge in [-0.15, -0.1) is 0 Å². The molecule has 7 nitrogen and oxygen atoms in total. The van der Waals surface area contributed by atoms with Gasteiger partial charge in [0.25, 0.3) is 0 Å². The van der Waals surface area contributed by atoms with Crippen molar-refractivity contribution in [2.45, 2.75) is 57.8 Å². The zero-order valence-electron chi connectivity index (χ0n) is 14.5.